The predicted molar refractivity (Wildman–Crippen MR) is 84.1 cm³/mol. The standard InChI is InChI=1S/C18H19NO3/c20-12-19-9-3-4-13-7-8-17-16(10-13)18(21)15-6-2-1-5-14(15)11-22-17/h1-2,5-8,10,19-20H,3-4,9,11-12H2. The van der Waals surface area contributed by atoms with Gasteiger partial charge in [-0.3, -0.25) is 10.1 Å². The third-order valence-electron chi connectivity index (χ3n) is 3.86. The van der Waals surface area contributed by atoms with Gasteiger partial charge in [0.05, 0.1) is 12.3 Å². The maximum Gasteiger partial charge on any atom is 0.197 e. The minimum atomic E-state index is -0.00665. The number of aryl methyl sites for hydroxylation is 1. The van der Waals surface area contributed by atoms with Gasteiger partial charge in [-0.2, -0.15) is 0 Å². The second-order valence-corrected chi connectivity index (χ2v) is 5.37. The van der Waals surface area contributed by atoms with Crippen molar-refractivity contribution in [3.8, 4) is 5.75 Å². The van der Waals surface area contributed by atoms with Gasteiger partial charge in [0.1, 0.15) is 12.4 Å². The first-order valence-corrected chi connectivity index (χ1v) is 7.49. The average molecular weight is 297 g/mol. The Balaban J connectivity index is 1.84. The fraction of sp³-hybridized carbons (Fsp3) is 0.278. The Morgan fingerprint density at radius 1 is 1.14 bits per heavy atom. The molecule has 0 unspecified atom stereocenters. The van der Waals surface area contributed by atoms with Gasteiger partial charge in [-0.1, -0.05) is 30.3 Å². The molecule has 0 fully saturated rings. The molecule has 1 aliphatic rings. The van der Waals surface area contributed by atoms with Crippen molar-refractivity contribution in [1.29, 1.82) is 0 Å². The summed E-state index contributed by atoms with van der Waals surface area (Å²) in [7, 11) is 0. The van der Waals surface area contributed by atoms with Gasteiger partial charge in [-0.05, 0) is 37.1 Å². The van der Waals surface area contributed by atoms with E-state index in [-0.39, 0.29) is 12.5 Å². The summed E-state index contributed by atoms with van der Waals surface area (Å²) in [6.45, 7) is 1.17. The molecule has 0 saturated carbocycles. The van der Waals surface area contributed by atoms with Crippen molar-refractivity contribution in [2.45, 2.75) is 19.4 Å². The molecular weight excluding hydrogens is 278 g/mol. The summed E-state index contributed by atoms with van der Waals surface area (Å²) < 4.78 is 5.78. The van der Waals surface area contributed by atoms with E-state index in [1.165, 1.54) is 0 Å². The van der Waals surface area contributed by atoms with Crippen molar-refractivity contribution < 1.29 is 14.6 Å². The smallest absolute Gasteiger partial charge is 0.197 e. The lowest BCUT2D eigenvalue weighted by Gasteiger charge is -2.09. The summed E-state index contributed by atoms with van der Waals surface area (Å²) in [5.41, 5.74) is 3.39. The zero-order valence-corrected chi connectivity index (χ0v) is 12.3. The van der Waals surface area contributed by atoms with Crippen LogP contribution in [0.2, 0.25) is 0 Å². The van der Waals surface area contributed by atoms with Gasteiger partial charge in [0.15, 0.2) is 5.78 Å². The molecule has 4 heteroatoms. The summed E-state index contributed by atoms with van der Waals surface area (Å²) in [6, 6.07) is 13.4. The van der Waals surface area contributed by atoms with Crippen LogP contribution in [0.25, 0.3) is 0 Å². The topological polar surface area (TPSA) is 58.6 Å². The number of rotatable bonds is 5. The fourth-order valence-corrected chi connectivity index (χ4v) is 2.70. The lowest BCUT2D eigenvalue weighted by atomic mass is 9.97. The Kier molecular flexibility index (Phi) is 4.51. The highest BCUT2D eigenvalue weighted by Gasteiger charge is 2.22. The molecule has 1 heterocycles. The molecule has 0 saturated heterocycles. The minimum absolute atomic E-state index is 0.00665. The molecule has 2 N–H and O–H groups in total. The number of carbonyl (C=O) groups excluding carboxylic acids is 1. The third kappa shape index (κ3) is 3.03. The second-order valence-electron chi connectivity index (χ2n) is 5.37. The number of aliphatic hydroxyl groups is 1. The van der Waals surface area contributed by atoms with Crippen LogP contribution in [0.4, 0.5) is 0 Å². The molecule has 0 atom stereocenters. The van der Waals surface area contributed by atoms with Crippen molar-refractivity contribution in [2.24, 2.45) is 0 Å². The molecule has 0 bridgehead atoms. The summed E-state index contributed by atoms with van der Waals surface area (Å²) in [5.74, 6) is 0.678. The van der Waals surface area contributed by atoms with Gasteiger partial charge in [-0.15, -0.1) is 0 Å². The number of aliphatic hydroxyl groups excluding tert-OH is 1. The van der Waals surface area contributed by atoms with Gasteiger partial charge in [0.2, 0.25) is 0 Å². The lowest BCUT2D eigenvalue weighted by Crippen LogP contribution is -2.16. The molecule has 114 valence electrons. The van der Waals surface area contributed by atoms with Crippen molar-refractivity contribution >= 4 is 5.78 Å². The van der Waals surface area contributed by atoms with Crippen LogP contribution in [-0.2, 0) is 13.0 Å². The highest BCUT2D eigenvalue weighted by molar-refractivity contribution is 6.12. The number of benzene rings is 2. The Labute approximate surface area is 129 Å². The zero-order chi connectivity index (χ0) is 15.4. The third-order valence-corrected chi connectivity index (χ3v) is 3.86. The van der Waals surface area contributed by atoms with E-state index in [9.17, 15) is 4.79 Å². The van der Waals surface area contributed by atoms with Gasteiger partial charge in [0, 0.05) is 11.1 Å². The molecule has 2 aromatic carbocycles. The summed E-state index contributed by atoms with van der Waals surface area (Å²) in [4.78, 5) is 12.7. The van der Waals surface area contributed by atoms with Gasteiger partial charge in [-0.25, -0.2) is 0 Å². The van der Waals surface area contributed by atoms with Crippen LogP contribution < -0.4 is 10.1 Å². The minimum Gasteiger partial charge on any atom is -0.488 e. The van der Waals surface area contributed by atoms with E-state index >= 15 is 0 Å². The lowest BCUT2D eigenvalue weighted by molar-refractivity contribution is 0.103. The van der Waals surface area contributed by atoms with E-state index in [0.717, 1.165) is 36.1 Å². The predicted octanol–water partition coefficient (Wildman–Crippen LogP) is 2.28. The van der Waals surface area contributed by atoms with Crippen LogP contribution in [-0.4, -0.2) is 24.2 Å². The van der Waals surface area contributed by atoms with Crippen molar-refractivity contribution in [3.05, 3.63) is 64.7 Å². The molecule has 22 heavy (non-hydrogen) atoms. The van der Waals surface area contributed by atoms with Crippen molar-refractivity contribution in [2.75, 3.05) is 13.3 Å². The van der Waals surface area contributed by atoms with Gasteiger partial charge in [0.25, 0.3) is 0 Å². The first-order valence-electron chi connectivity index (χ1n) is 7.49. The van der Waals surface area contributed by atoms with Crippen molar-refractivity contribution in [3.63, 3.8) is 0 Å². The first-order chi connectivity index (χ1) is 10.8. The number of carbonyl (C=O) groups is 1. The molecule has 0 radical (unpaired) electrons. The van der Waals surface area contributed by atoms with Crippen molar-refractivity contribution in [1.82, 2.24) is 5.32 Å². The number of hydrogen-bond acceptors (Lipinski definition) is 4. The van der Waals surface area contributed by atoms with Crippen LogP contribution in [0, 0.1) is 0 Å². The Morgan fingerprint density at radius 3 is 2.86 bits per heavy atom. The molecule has 4 nitrogen and oxygen atoms in total. The van der Waals surface area contributed by atoms with E-state index in [2.05, 4.69) is 5.32 Å². The van der Waals surface area contributed by atoms with Crippen LogP contribution in [0.5, 0.6) is 5.75 Å². The number of fused-ring (bicyclic) bond motifs is 2. The van der Waals surface area contributed by atoms with E-state index in [0.29, 0.717) is 17.9 Å². The molecule has 0 aromatic heterocycles. The Morgan fingerprint density at radius 2 is 2.00 bits per heavy atom. The number of hydrogen-bond donors (Lipinski definition) is 2. The summed E-state index contributed by atoms with van der Waals surface area (Å²) in [6.07, 6.45) is 1.76. The largest absolute Gasteiger partial charge is 0.488 e. The average Bonchev–Trinajstić information content (AvgIpc) is 2.70. The number of ether oxygens (including phenoxy) is 1. The molecular formula is C18H19NO3. The Hall–Kier alpha value is -2.17. The quantitative estimate of drug-likeness (QED) is 0.656. The van der Waals surface area contributed by atoms with E-state index in [1.807, 2.05) is 42.5 Å². The maximum atomic E-state index is 12.7. The molecule has 3 rings (SSSR count). The van der Waals surface area contributed by atoms with Crippen LogP contribution in [0.15, 0.2) is 42.5 Å². The van der Waals surface area contributed by atoms with Crippen LogP contribution in [0.1, 0.15) is 33.5 Å². The molecule has 2 aromatic rings. The first kappa shape index (κ1) is 14.8. The Bertz CT molecular complexity index is 682. The van der Waals surface area contributed by atoms with E-state index < -0.39 is 0 Å². The summed E-state index contributed by atoms with van der Waals surface area (Å²) >= 11 is 0. The van der Waals surface area contributed by atoms with Crippen LogP contribution >= 0.6 is 0 Å². The molecule has 0 amide bonds. The summed E-state index contributed by atoms with van der Waals surface area (Å²) in [5, 5.41) is 11.6. The number of ketones is 1. The maximum absolute atomic E-state index is 12.7. The fourth-order valence-electron chi connectivity index (χ4n) is 2.70. The molecule has 0 spiro atoms. The number of nitrogens with one attached hydrogen (secondary N) is 1. The van der Waals surface area contributed by atoms with E-state index in [4.69, 9.17) is 9.84 Å². The second kappa shape index (κ2) is 6.73. The highest BCUT2D eigenvalue weighted by atomic mass is 16.5. The zero-order valence-electron chi connectivity index (χ0n) is 12.3. The monoisotopic (exact) mass is 297 g/mol. The van der Waals surface area contributed by atoms with Gasteiger partial charge < -0.3 is 9.84 Å². The van der Waals surface area contributed by atoms with E-state index in [1.54, 1.807) is 0 Å². The SMILES string of the molecule is O=C1c2ccccc2COc2ccc(CCCNCO)cc21. The molecule has 0 aliphatic carbocycles. The molecule has 1 aliphatic heterocycles. The normalized spacial score (nSPS) is 13.0. The van der Waals surface area contributed by atoms with Gasteiger partial charge >= 0.3 is 0 Å². The highest BCUT2D eigenvalue weighted by Crippen LogP contribution is 2.29. The van der Waals surface area contributed by atoms with Crippen LogP contribution in [0.3, 0.4) is 0 Å².